The summed E-state index contributed by atoms with van der Waals surface area (Å²) in [5.74, 6) is 0.855. The van der Waals surface area contributed by atoms with Gasteiger partial charge in [-0.1, -0.05) is 30.7 Å². The zero-order valence-electron chi connectivity index (χ0n) is 12.5. The maximum atomic E-state index is 6.18. The Balaban J connectivity index is 2.46. The molecule has 0 bridgehead atoms. The molecule has 1 N–H and O–H groups in total. The average Bonchev–Trinajstić information content (AvgIpc) is 2.85. The molecule has 0 fully saturated rings. The van der Waals surface area contributed by atoms with Gasteiger partial charge in [0.2, 0.25) is 0 Å². The van der Waals surface area contributed by atoms with Crippen molar-refractivity contribution in [2.45, 2.75) is 38.8 Å². The maximum Gasteiger partial charge on any atom is 0.152 e. The number of halogens is 1. The molecular weight excluding hydrogens is 274 g/mol. The Morgan fingerprint density at radius 2 is 2.15 bits per heavy atom. The summed E-state index contributed by atoms with van der Waals surface area (Å²) in [5.41, 5.74) is 0.420. The van der Waals surface area contributed by atoms with E-state index in [4.69, 9.17) is 20.8 Å². The second-order valence-electron chi connectivity index (χ2n) is 5.13. The predicted octanol–water partition coefficient (Wildman–Crippen LogP) is 4.55. The quantitative estimate of drug-likeness (QED) is 0.849. The van der Waals surface area contributed by atoms with E-state index < -0.39 is 0 Å². The van der Waals surface area contributed by atoms with Gasteiger partial charge < -0.3 is 14.5 Å². The largest absolute Gasteiger partial charge is 0.458 e. The van der Waals surface area contributed by atoms with Crippen LogP contribution in [0.1, 0.15) is 39.0 Å². The lowest BCUT2D eigenvalue weighted by Crippen LogP contribution is -2.42. The second-order valence-corrected chi connectivity index (χ2v) is 5.54. The first-order valence-electron chi connectivity index (χ1n) is 7.05. The van der Waals surface area contributed by atoms with E-state index in [9.17, 15) is 0 Å². The Hall–Kier alpha value is -1.03. The predicted molar refractivity (Wildman–Crippen MR) is 83.3 cm³/mol. The maximum absolute atomic E-state index is 6.18. The van der Waals surface area contributed by atoms with Gasteiger partial charge in [-0.2, -0.15) is 0 Å². The smallest absolute Gasteiger partial charge is 0.152 e. The molecule has 0 radical (unpaired) electrons. The van der Waals surface area contributed by atoms with Crippen LogP contribution in [0.5, 0.6) is 0 Å². The first kappa shape index (κ1) is 15.4. The van der Waals surface area contributed by atoms with Gasteiger partial charge in [0, 0.05) is 12.0 Å². The summed E-state index contributed by atoms with van der Waals surface area (Å²) >= 11 is 6.18. The standard InChI is InChI=1S/C16H22ClNO2/c1-5-16(3,19-6-2)15(18-4)13-10-11-8-7-9-12(17)14(11)20-13/h7-10,15,18H,5-6H2,1-4H3. The number of hydrogen-bond donors (Lipinski definition) is 1. The minimum atomic E-state index is -0.316. The van der Waals surface area contributed by atoms with Crippen LogP contribution in [-0.2, 0) is 4.74 Å². The fraction of sp³-hybridized carbons (Fsp3) is 0.500. The fourth-order valence-electron chi connectivity index (χ4n) is 2.66. The lowest BCUT2D eigenvalue weighted by Gasteiger charge is -2.35. The molecule has 0 aliphatic rings. The van der Waals surface area contributed by atoms with Crippen molar-refractivity contribution in [1.82, 2.24) is 5.32 Å². The Labute approximate surface area is 125 Å². The normalized spacial score (nSPS) is 16.2. The molecule has 2 aromatic rings. The van der Waals surface area contributed by atoms with Crippen molar-refractivity contribution in [3.05, 3.63) is 35.0 Å². The zero-order chi connectivity index (χ0) is 14.8. The van der Waals surface area contributed by atoms with E-state index in [1.54, 1.807) is 0 Å². The van der Waals surface area contributed by atoms with Crippen LogP contribution < -0.4 is 5.32 Å². The number of rotatable bonds is 6. The number of benzene rings is 1. The monoisotopic (exact) mass is 295 g/mol. The van der Waals surface area contributed by atoms with E-state index in [-0.39, 0.29) is 11.6 Å². The summed E-state index contributed by atoms with van der Waals surface area (Å²) in [4.78, 5) is 0. The molecule has 20 heavy (non-hydrogen) atoms. The van der Waals surface area contributed by atoms with Gasteiger partial charge in [-0.3, -0.25) is 0 Å². The highest BCUT2D eigenvalue weighted by atomic mass is 35.5. The van der Waals surface area contributed by atoms with Gasteiger partial charge in [-0.15, -0.1) is 0 Å². The Bertz CT molecular complexity index is 581. The molecule has 1 aromatic heterocycles. The van der Waals surface area contributed by atoms with Gasteiger partial charge in [-0.25, -0.2) is 0 Å². The van der Waals surface area contributed by atoms with Crippen LogP contribution in [0.3, 0.4) is 0 Å². The van der Waals surface area contributed by atoms with E-state index in [0.717, 1.165) is 23.2 Å². The minimum absolute atomic E-state index is 0.0177. The van der Waals surface area contributed by atoms with Gasteiger partial charge in [0.25, 0.3) is 0 Å². The molecule has 0 amide bonds. The molecular formula is C16H22ClNO2. The molecule has 0 aliphatic carbocycles. The van der Waals surface area contributed by atoms with Crippen LogP contribution in [0.15, 0.2) is 28.7 Å². The third-order valence-corrected chi connectivity index (χ3v) is 4.17. The van der Waals surface area contributed by atoms with E-state index >= 15 is 0 Å². The van der Waals surface area contributed by atoms with E-state index in [1.165, 1.54) is 0 Å². The van der Waals surface area contributed by atoms with Gasteiger partial charge >= 0.3 is 0 Å². The fourth-order valence-corrected chi connectivity index (χ4v) is 2.88. The Morgan fingerprint density at radius 3 is 2.70 bits per heavy atom. The lowest BCUT2D eigenvalue weighted by molar-refractivity contribution is -0.0588. The summed E-state index contributed by atoms with van der Waals surface area (Å²) in [6, 6.07) is 7.80. The summed E-state index contributed by atoms with van der Waals surface area (Å²) in [7, 11) is 1.92. The number of furan rings is 1. The average molecular weight is 296 g/mol. The van der Waals surface area contributed by atoms with E-state index in [1.807, 2.05) is 38.2 Å². The molecule has 2 atom stereocenters. The van der Waals surface area contributed by atoms with Crippen LogP contribution in [0.4, 0.5) is 0 Å². The summed E-state index contributed by atoms with van der Waals surface area (Å²) in [6.45, 7) is 6.90. The van der Waals surface area contributed by atoms with Gasteiger partial charge in [0.15, 0.2) is 5.58 Å². The minimum Gasteiger partial charge on any atom is -0.458 e. The highest BCUT2D eigenvalue weighted by Crippen LogP contribution is 2.36. The molecule has 1 aromatic carbocycles. The molecule has 0 saturated heterocycles. The number of hydrogen-bond acceptors (Lipinski definition) is 3. The van der Waals surface area contributed by atoms with Crippen LogP contribution in [0, 0.1) is 0 Å². The van der Waals surface area contributed by atoms with Crippen molar-refractivity contribution < 1.29 is 9.15 Å². The third-order valence-electron chi connectivity index (χ3n) is 3.88. The molecule has 1 heterocycles. The Kier molecular flexibility index (Phi) is 4.74. The van der Waals surface area contributed by atoms with Crippen molar-refractivity contribution in [2.75, 3.05) is 13.7 Å². The summed E-state index contributed by atoms with van der Waals surface area (Å²) in [6.07, 6.45) is 0.886. The number of fused-ring (bicyclic) bond motifs is 1. The topological polar surface area (TPSA) is 34.4 Å². The van der Waals surface area contributed by atoms with Crippen molar-refractivity contribution in [2.24, 2.45) is 0 Å². The van der Waals surface area contributed by atoms with Crippen LogP contribution in [0.25, 0.3) is 11.0 Å². The first-order valence-corrected chi connectivity index (χ1v) is 7.42. The van der Waals surface area contributed by atoms with Crippen LogP contribution in [0.2, 0.25) is 5.02 Å². The van der Waals surface area contributed by atoms with Gasteiger partial charge in [0.05, 0.1) is 16.7 Å². The molecule has 0 saturated carbocycles. The van der Waals surface area contributed by atoms with Crippen molar-refractivity contribution >= 4 is 22.6 Å². The van der Waals surface area contributed by atoms with Gasteiger partial charge in [0.1, 0.15) is 5.76 Å². The van der Waals surface area contributed by atoms with Crippen molar-refractivity contribution in [3.63, 3.8) is 0 Å². The number of nitrogens with one attached hydrogen (secondary N) is 1. The molecule has 0 aliphatic heterocycles. The highest BCUT2D eigenvalue weighted by molar-refractivity contribution is 6.34. The third kappa shape index (κ3) is 2.71. The molecule has 3 nitrogen and oxygen atoms in total. The summed E-state index contributed by atoms with van der Waals surface area (Å²) < 4.78 is 11.9. The molecule has 2 rings (SSSR count). The van der Waals surface area contributed by atoms with Crippen LogP contribution >= 0.6 is 11.6 Å². The number of likely N-dealkylation sites (N-methyl/N-ethyl adjacent to an activating group) is 1. The first-order chi connectivity index (χ1) is 9.55. The molecule has 4 heteroatoms. The van der Waals surface area contributed by atoms with Gasteiger partial charge in [-0.05, 0) is 39.4 Å². The lowest BCUT2D eigenvalue weighted by atomic mass is 9.91. The highest BCUT2D eigenvalue weighted by Gasteiger charge is 2.35. The van der Waals surface area contributed by atoms with E-state index in [0.29, 0.717) is 11.6 Å². The number of para-hydroxylation sites is 1. The molecule has 110 valence electrons. The number of ether oxygens (including phenoxy) is 1. The summed E-state index contributed by atoms with van der Waals surface area (Å²) in [5, 5.41) is 4.97. The second kappa shape index (κ2) is 6.17. The molecule has 0 spiro atoms. The van der Waals surface area contributed by atoms with Crippen LogP contribution in [-0.4, -0.2) is 19.3 Å². The van der Waals surface area contributed by atoms with Crippen molar-refractivity contribution in [3.8, 4) is 0 Å². The SMILES string of the molecule is CCOC(C)(CC)C(NC)c1cc2cccc(Cl)c2o1. The Morgan fingerprint density at radius 1 is 1.40 bits per heavy atom. The van der Waals surface area contributed by atoms with E-state index in [2.05, 4.69) is 19.2 Å². The molecule has 2 unspecified atom stereocenters. The van der Waals surface area contributed by atoms with Crippen molar-refractivity contribution in [1.29, 1.82) is 0 Å². The zero-order valence-corrected chi connectivity index (χ0v) is 13.3.